The Labute approximate surface area is 117 Å². The van der Waals surface area contributed by atoms with Gasteiger partial charge in [0.1, 0.15) is 16.4 Å². The molecule has 2 rings (SSSR count). The van der Waals surface area contributed by atoms with Crippen LogP contribution in [0.15, 0.2) is 30.5 Å². The van der Waals surface area contributed by atoms with Crippen LogP contribution < -0.4 is 10.5 Å². The number of nitrogens with zero attached hydrogens (tertiary/aromatic N) is 2. The maximum Gasteiger partial charge on any atom is 0.156 e. The molecule has 2 heterocycles. The van der Waals surface area contributed by atoms with Crippen LogP contribution in [-0.4, -0.2) is 15.0 Å². The van der Waals surface area contributed by atoms with Gasteiger partial charge in [0.15, 0.2) is 5.75 Å². The average molecular weight is 273 g/mol. The third-order valence-corrected chi connectivity index (χ3v) is 2.82. The lowest BCUT2D eigenvalue weighted by molar-refractivity contribution is 0.469. The third-order valence-electron chi connectivity index (χ3n) is 2.63. The summed E-state index contributed by atoms with van der Waals surface area (Å²) in [5, 5.41) is 0. The van der Waals surface area contributed by atoms with Gasteiger partial charge in [0.25, 0.3) is 0 Å². The number of hydrogen-bond donors (Lipinski definition) is 1. The number of aromatic nitrogens is 2. The second kappa shape index (κ2) is 5.75. The normalized spacial score (nSPS) is 10.2. The Hall–Kier alpha value is -2.01. The molecule has 0 aliphatic carbocycles. The predicted octanol–water partition coefficient (Wildman–Crippen LogP) is 2.77. The predicted molar refractivity (Wildman–Crippen MR) is 78.6 cm³/mol. The molecule has 0 aromatic carbocycles. The molecule has 5 heteroatoms. The first-order valence-electron chi connectivity index (χ1n) is 6.01. The molecule has 0 saturated heterocycles. The molecule has 0 amide bonds. The van der Waals surface area contributed by atoms with Gasteiger partial charge in [-0.05, 0) is 37.6 Å². The molecular formula is C14H15N3OS. The second-order valence-electron chi connectivity index (χ2n) is 4.07. The lowest BCUT2D eigenvalue weighted by atomic mass is 10.2. The summed E-state index contributed by atoms with van der Waals surface area (Å²) in [5.74, 6) is 1.26. The fraction of sp³-hybridized carbons (Fsp3) is 0.214. The molecule has 98 valence electrons. The van der Waals surface area contributed by atoms with Crippen LogP contribution in [0.4, 0.5) is 0 Å². The largest absolute Gasteiger partial charge is 0.453 e. The van der Waals surface area contributed by atoms with E-state index in [0.29, 0.717) is 17.2 Å². The van der Waals surface area contributed by atoms with Gasteiger partial charge in [0, 0.05) is 11.9 Å². The Morgan fingerprint density at radius 1 is 1.32 bits per heavy atom. The molecule has 0 spiro atoms. The van der Waals surface area contributed by atoms with E-state index in [9.17, 15) is 0 Å². The molecular weight excluding hydrogens is 258 g/mol. The van der Waals surface area contributed by atoms with Crippen molar-refractivity contribution in [2.75, 3.05) is 0 Å². The minimum absolute atomic E-state index is 0.216. The van der Waals surface area contributed by atoms with Crippen LogP contribution >= 0.6 is 12.2 Å². The number of ether oxygens (including phenoxy) is 1. The molecule has 2 N–H and O–H groups in total. The first kappa shape index (κ1) is 13.4. The van der Waals surface area contributed by atoms with Crippen molar-refractivity contribution in [3.8, 4) is 11.5 Å². The Bertz CT molecular complexity index is 613. The molecule has 2 aromatic heterocycles. The summed E-state index contributed by atoms with van der Waals surface area (Å²) >= 11 is 4.97. The summed E-state index contributed by atoms with van der Waals surface area (Å²) in [6, 6.07) is 7.38. The monoisotopic (exact) mass is 273 g/mol. The van der Waals surface area contributed by atoms with Crippen molar-refractivity contribution in [3.63, 3.8) is 0 Å². The number of nitrogens with two attached hydrogens (primary N) is 1. The Morgan fingerprint density at radius 2 is 2.11 bits per heavy atom. The van der Waals surface area contributed by atoms with Crippen LogP contribution in [-0.2, 0) is 6.42 Å². The lowest BCUT2D eigenvalue weighted by Crippen LogP contribution is -2.13. The molecule has 0 saturated carbocycles. The highest BCUT2D eigenvalue weighted by Crippen LogP contribution is 2.26. The van der Waals surface area contributed by atoms with Crippen molar-refractivity contribution in [3.05, 3.63) is 47.5 Å². The van der Waals surface area contributed by atoms with Gasteiger partial charge in [-0.1, -0.05) is 19.1 Å². The number of thiocarbonyl (C=S) groups is 1. The maximum absolute atomic E-state index is 5.86. The lowest BCUT2D eigenvalue weighted by Gasteiger charge is -2.12. The summed E-state index contributed by atoms with van der Waals surface area (Å²) in [4.78, 5) is 8.81. The maximum atomic E-state index is 5.86. The van der Waals surface area contributed by atoms with Gasteiger partial charge in [-0.25, -0.2) is 4.98 Å². The molecule has 0 radical (unpaired) electrons. The van der Waals surface area contributed by atoms with Crippen LogP contribution in [0.5, 0.6) is 11.5 Å². The van der Waals surface area contributed by atoms with Crippen molar-refractivity contribution in [1.29, 1.82) is 0 Å². The van der Waals surface area contributed by atoms with Crippen LogP contribution in [0, 0.1) is 6.92 Å². The zero-order valence-electron chi connectivity index (χ0n) is 10.9. The molecule has 19 heavy (non-hydrogen) atoms. The van der Waals surface area contributed by atoms with E-state index in [2.05, 4.69) is 9.97 Å². The van der Waals surface area contributed by atoms with Gasteiger partial charge in [-0.2, -0.15) is 0 Å². The number of hydrogen-bond acceptors (Lipinski definition) is 4. The minimum atomic E-state index is 0.216. The molecule has 0 unspecified atom stereocenters. The molecule has 0 fully saturated rings. The average Bonchev–Trinajstić information content (AvgIpc) is 2.41. The van der Waals surface area contributed by atoms with E-state index in [1.807, 2.05) is 26.0 Å². The highest BCUT2D eigenvalue weighted by atomic mass is 32.1. The number of pyridine rings is 2. The van der Waals surface area contributed by atoms with E-state index in [-0.39, 0.29) is 4.99 Å². The first-order chi connectivity index (χ1) is 9.11. The van der Waals surface area contributed by atoms with E-state index in [1.165, 1.54) is 0 Å². The van der Waals surface area contributed by atoms with Crippen LogP contribution in [0.3, 0.4) is 0 Å². The number of aryl methyl sites for hydroxylation is 2. The molecule has 4 nitrogen and oxygen atoms in total. The summed E-state index contributed by atoms with van der Waals surface area (Å²) in [6.45, 7) is 3.99. The fourth-order valence-electron chi connectivity index (χ4n) is 1.72. The van der Waals surface area contributed by atoms with E-state index < -0.39 is 0 Å². The molecule has 0 bridgehead atoms. The SMILES string of the molecule is CCc1nc(C)ccc1Oc1cccnc1C(N)=S. The van der Waals surface area contributed by atoms with Crippen molar-refractivity contribution < 1.29 is 4.74 Å². The molecule has 0 atom stereocenters. The quantitative estimate of drug-likeness (QED) is 0.868. The summed E-state index contributed by atoms with van der Waals surface area (Å²) in [6.07, 6.45) is 2.43. The molecule has 2 aromatic rings. The Balaban J connectivity index is 2.39. The van der Waals surface area contributed by atoms with Gasteiger partial charge < -0.3 is 10.5 Å². The van der Waals surface area contributed by atoms with Gasteiger partial charge in [0.05, 0.1) is 5.69 Å². The van der Waals surface area contributed by atoms with Gasteiger partial charge in [0.2, 0.25) is 0 Å². The molecule has 0 aliphatic rings. The van der Waals surface area contributed by atoms with E-state index >= 15 is 0 Å². The summed E-state index contributed by atoms with van der Waals surface area (Å²) in [5.41, 5.74) is 7.99. The van der Waals surface area contributed by atoms with E-state index in [0.717, 1.165) is 17.8 Å². The van der Waals surface area contributed by atoms with E-state index in [1.54, 1.807) is 18.3 Å². The highest BCUT2D eigenvalue weighted by molar-refractivity contribution is 7.80. The zero-order chi connectivity index (χ0) is 13.8. The summed E-state index contributed by atoms with van der Waals surface area (Å²) in [7, 11) is 0. The van der Waals surface area contributed by atoms with Crippen molar-refractivity contribution in [2.45, 2.75) is 20.3 Å². The summed E-state index contributed by atoms with van der Waals surface area (Å²) < 4.78 is 5.86. The van der Waals surface area contributed by atoms with Gasteiger partial charge in [-0.3, -0.25) is 4.98 Å². The minimum Gasteiger partial charge on any atom is -0.453 e. The second-order valence-corrected chi connectivity index (χ2v) is 4.51. The van der Waals surface area contributed by atoms with Crippen LogP contribution in [0.2, 0.25) is 0 Å². The van der Waals surface area contributed by atoms with Crippen molar-refractivity contribution >= 4 is 17.2 Å². The number of rotatable bonds is 4. The Morgan fingerprint density at radius 3 is 2.79 bits per heavy atom. The smallest absolute Gasteiger partial charge is 0.156 e. The Kier molecular flexibility index (Phi) is 4.06. The van der Waals surface area contributed by atoms with Crippen LogP contribution in [0.1, 0.15) is 24.0 Å². The standard InChI is InChI=1S/C14H15N3OS/c1-3-10-11(7-6-9(2)17-10)18-12-5-4-8-16-13(12)14(15)19/h4-8H,3H2,1-2H3,(H2,15,19). The fourth-order valence-corrected chi connectivity index (χ4v) is 1.87. The van der Waals surface area contributed by atoms with Gasteiger partial charge >= 0.3 is 0 Å². The highest BCUT2D eigenvalue weighted by Gasteiger charge is 2.11. The van der Waals surface area contributed by atoms with Gasteiger partial charge in [-0.15, -0.1) is 0 Å². The third kappa shape index (κ3) is 3.06. The first-order valence-corrected chi connectivity index (χ1v) is 6.42. The van der Waals surface area contributed by atoms with E-state index in [4.69, 9.17) is 22.7 Å². The van der Waals surface area contributed by atoms with Crippen molar-refractivity contribution in [1.82, 2.24) is 9.97 Å². The topological polar surface area (TPSA) is 61.0 Å². The van der Waals surface area contributed by atoms with Crippen molar-refractivity contribution in [2.24, 2.45) is 5.73 Å². The van der Waals surface area contributed by atoms with Crippen LogP contribution in [0.25, 0.3) is 0 Å². The zero-order valence-corrected chi connectivity index (χ0v) is 11.7. The molecule has 0 aliphatic heterocycles.